The van der Waals surface area contributed by atoms with E-state index in [1.807, 2.05) is 0 Å². The van der Waals surface area contributed by atoms with Gasteiger partial charge in [0.15, 0.2) is 0 Å². The number of rotatable bonds is 14. The summed E-state index contributed by atoms with van der Waals surface area (Å²) in [6.45, 7) is 5.20. The van der Waals surface area contributed by atoms with Crippen molar-refractivity contribution in [3.8, 4) is 0 Å². The topological polar surface area (TPSA) is 26.3 Å². The van der Waals surface area contributed by atoms with E-state index in [4.69, 9.17) is 4.74 Å². The number of carbonyl (C=O) groups is 1. The van der Waals surface area contributed by atoms with Gasteiger partial charge in [-0.25, -0.2) is 4.79 Å². The van der Waals surface area contributed by atoms with Crippen LogP contribution >= 0.6 is 0 Å². The zero-order chi connectivity index (χ0) is 16.0. The maximum absolute atomic E-state index is 10.8. The molecule has 0 amide bonds. The predicted molar refractivity (Wildman–Crippen MR) is 90.2 cm³/mol. The molecule has 0 rings (SSSR count). The van der Waals surface area contributed by atoms with Gasteiger partial charge in [-0.15, -0.1) is 0 Å². The first-order valence-electron chi connectivity index (χ1n) is 8.55. The molecule has 0 bridgehead atoms. The standard InChI is InChI=1S/C18H36NO2/c1-5-18(20)21-17-15-13-11-9-7-6-8-10-12-14-16-19(2,3)4/h5H,1,6-17H2,2-4H3/q+1. The van der Waals surface area contributed by atoms with Gasteiger partial charge in [-0.1, -0.05) is 51.5 Å². The summed E-state index contributed by atoms with van der Waals surface area (Å²) in [5, 5.41) is 0. The van der Waals surface area contributed by atoms with Crippen molar-refractivity contribution in [3.05, 3.63) is 12.7 Å². The first kappa shape index (κ1) is 20.2. The van der Waals surface area contributed by atoms with Gasteiger partial charge in [0, 0.05) is 6.08 Å². The van der Waals surface area contributed by atoms with Crippen molar-refractivity contribution >= 4 is 5.97 Å². The molecular weight excluding hydrogens is 262 g/mol. The molecule has 0 aliphatic rings. The molecule has 3 nitrogen and oxygen atoms in total. The lowest BCUT2D eigenvalue weighted by Crippen LogP contribution is -2.35. The van der Waals surface area contributed by atoms with E-state index >= 15 is 0 Å². The van der Waals surface area contributed by atoms with Crippen LogP contribution in [0, 0.1) is 0 Å². The third kappa shape index (κ3) is 17.1. The number of esters is 1. The lowest BCUT2D eigenvalue weighted by molar-refractivity contribution is -0.870. The second-order valence-corrected chi connectivity index (χ2v) is 6.92. The summed E-state index contributed by atoms with van der Waals surface area (Å²) in [5.74, 6) is -0.305. The van der Waals surface area contributed by atoms with E-state index < -0.39 is 0 Å². The minimum atomic E-state index is -0.305. The Morgan fingerprint density at radius 2 is 1.29 bits per heavy atom. The molecule has 0 unspecified atom stereocenters. The minimum absolute atomic E-state index is 0.305. The highest BCUT2D eigenvalue weighted by Crippen LogP contribution is 2.11. The fourth-order valence-electron chi connectivity index (χ4n) is 2.33. The Balaban J connectivity index is 3.09. The van der Waals surface area contributed by atoms with Crippen LogP contribution in [0.15, 0.2) is 12.7 Å². The Bertz CT molecular complexity index is 269. The molecule has 0 aliphatic heterocycles. The van der Waals surface area contributed by atoms with Gasteiger partial charge in [0.05, 0.1) is 34.3 Å². The van der Waals surface area contributed by atoms with Crippen LogP contribution < -0.4 is 0 Å². The number of carbonyl (C=O) groups excluding carboxylic acids is 1. The highest BCUT2D eigenvalue weighted by molar-refractivity contribution is 5.81. The number of quaternary nitrogens is 1. The third-order valence-corrected chi connectivity index (χ3v) is 3.63. The van der Waals surface area contributed by atoms with Gasteiger partial charge in [0.25, 0.3) is 0 Å². The van der Waals surface area contributed by atoms with Gasteiger partial charge >= 0.3 is 5.97 Å². The first-order chi connectivity index (χ1) is 9.95. The van der Waals surface area contributed by atoms with E-state index in [0.29, 0.717) is 6.61 Å². The number of nitrogens with zero attached hydrogens (tertiary/aromatic N) is 1. The Morgan fingerprint density at radius 1 is 0.857 bits per heavy atom. The fourth-order valence-corrected chi connectivity index (χ4v) is 2.33. The highest BCUT2D eigenvalue weighted by Gasteiger charge is 2.04. The normalized spacial score (nSPS) is 11.4. The number of hydrogen-bond donors (Lipinski definition) is 0. The SMILES string of the molecule is C=CC(=O)OCCCCCCCCCCCC[N+](C)(C)C. The second-order valence-electron chi connectivity index (χ2n) is 6.92. The van der Waals surface area contributed by atoms with Crippen LogP contribution in [-0.2, 0) is 9.53 Å². The molecule has 0 atom stereocenters. The van der Waals surface area contributed by atoms with Gasteiger partial charge in [-0.3, -0.25) is 0 Å². The Labute approximate surface area is 131 Å². The third-order valence-electron chi connectivity index (χ3n) is 3.63. The molecule has 0 fully saturated rings. The van der Waals surface area contributed by atoms with Gasteiger partial charge in [0.2, 0.25) is 0 Å². The molecule has 21 heavy (non-hydrogen) atoms. The molecular formula is C18H36NO2+. The average Bonchev–Trinajstić information content (AvgIpc) is 2.42. The Morgan fingerprint density at radius 3 is 1.71 bits per heavy atom. The summed E-state index contributed by atoms with van der Waals surface area (Å²) in [4.78, 5) is 10.8. The molecule has 0 aliphatic carbocycles. The van der Waals surface area contributed by atoms with Gasteiger partial charge in [0.1, 0.15) is 0 Å². The fraction of sp³-hybridized carbons (Fsp3) is 0.833. The maximum Gasteiger partial charge on any atom is 0.330 e. The van der Waals surface area contributed by atoms with Crippen molar-refractivity contribution in [1.29, 1.82) is 0 Å². The number of hydrogen-bond acceptors (Lipinski definition) is 2. The molecule has 0 aromatic carbocycles. The highest BCUT2D eigenvalue weighted by atomic mass is 16.5. The zero-order valence-electron chi connectivity index (χ0n) is 14.5. The van der Waals surface area contributed by atoms with Gasteiger partial charge in [-0.2, -0.15) is 0 Å². The summed E-state index contributed by atoms with van der Waals surface area (Å²) < 4.78 is 6.02. The number of unbranched alkanes of at least 4 members (excludes halogenated alkanes) is 9. The van der Waals surface area contributed by atoms with Crippen molar-refractivity contribution < 1.29 is 14.0 Å². The van der Waals surface area contributed by atoms with E-state index in [-0.39, 0.29) is 5.97 Å². The second kappa shape index (κ2) is 12.9. The van der Waals surface area contributed by atoms with E-state index in [1.165, 1.54) is 64.0 Å². The van der Waals surface area contributed by atoms with Crippen LogP contribution in [0.3, 0.4) is 0 Å². The summed E-state index contributed by atoms with van der Waals surface area (Å²) in [5.41, 5.74) is 0. The van der Waals surface area contributed by atoms with E-state index in [1.54, 1.807) is 0 Å². The lowest BCUT2D eigenvalue weighted by atomic mass is 10.1. The molecule has 0 N–H and O–H groups in total. The van der Waals surface area contributed by atoms with Crippen LogP contribution in [0.4, 0.5) is 0 Å². The van der Waals surface area contributed by atoms with Crippen molar-refractivity contribution in [2.75, 3.05) is 34.3 Å². The molecule has 0 aromatic heterocycles. The molecule has 0 heterocycles. The molecule has 0 aromatic rings. The van der Waals surface area contributed by atoms with E-state index in [0.717, 1.165) is 17.3 Å². The van der Waals surface area contributed by atoms with Crippen molar-refractivity contribution in [2.24, 2.45) is 0 Å². The summed E-state index contributed by atoms with van der Waals surface area (Å²) in [7, 11) is 6.79. The smallest absolute Gasteiger partial charge is 0.330 e. The molecule has 0 radical (unpaired) electrons. The predicted octanol–water partition coefficient (Wildman–Crippen LogP) is 4.32. The van der Waals surface area contributed by atoms with Gasteiger partial charge < -0.3 is 9.22 Å². The maximum atomic E-state index is 10.8. The van der Waals surface area contributed by atoms with Crippen LogP contribution in [0.5, 0.6) is 0 Å². The van der Waals surface area contributed by atoms with Crippen molar-refractivity contribution in [3.63, 3.8) is 0 Å². The van der Waals surface area contributed by atoms with Gasteiger partial charge in [-0.05, 0) is 19.3 Å². The molecule has 0 saturated carbocycles. The lowest BCUT2D eigenvalue weighted by Gasteiger charge is -2.23. The van der Waals surface area contributed by atoms with Crippen molar-refractivity contribution in [2.45, 2.75) is 64.2 Å². The molecule has 124 valence electrons. The Hall–Kier alpha value is -0.830. The molecule has 0 spiro atoms. The monoisotopic (exact) mass is 298 g/mol. The van der Waals surface area contributed by atoms with E-state index in [2.05, 4.69) is 27.7 Å². The molecule has 3 heteroatoms. The van der Waals surface area contributed by atoms with Crippen LogP contribution in [-0.4, -0.2) is 44.7 Å². The summed E-state index contributed by atoms with van der Waals surface area (Å²) in [6, 6.07) is 0. The molecule has 0 saturated heterocycles. The van der Waals surface area contributed by atoms with Crippen LogP contribution in [0.1, 0.15) is 64.2 Å². The first-order valence-corrected chi connectivity index (χ1v) is 8.55. The van der Waals surface area contributed by atoms with E-state index in [9.17, 15) is 4.79 Å². The quantitative estimate of drug-likeness (QED) is 0.207. The zero-order valence-corrected chi connectivity index (χ0v) is 14.5. The largest absolute Gasteiger partial charge is 0.463 e. The Kier molecular flexibility index (Phi) is 12.4. The van der Waals surface area contributed by atoms with Crippen molar-refractivity contribution in [1.82, 2.24) is 0 Å². The van der Waals surface area contributed by atoms with Crippen LogP contribution in [0.2, 0.25) is 0 Å². The number of ether oxygens (including phenoxy) is 1. The van der Waals surface area contributed by atoms with Crippen LogP contribution in [0.25, 0.3) is 0 Å². The summed E-state index contributed by atoms with van der Waals surface area (Å²) in [6.07, 6.45) is 14.2. The minimum Gasteiger partial charge on any atom is -0.463 e. The average molecular weight is 298 g/mol. The summed E-state index contributed by atoms with van der Waals surface area (Å²) >= 11 is 0.